The van der Waals surface area contributed by atoms with Crippen molar-refractivity contribution in [2.45, 2.75) is 24.8 Å². The first-order valence-corrected chi connectivity index (χ1v) is 7.40. The highest BCUT2D eigenvalue weighted by Crippen LogP contribution is 2.36. The van der Waals surface area contributed by atoms with E-state index in [-0.39, 0.29) is 24.8 Å². The van der Waals surface area contributed by atoms with Crippen LogP contribution < -0.4 is 10.2 Å². The fourth-order valence-corrected chi connectivity index (χ4v) is 2.73. The molecule has 2 fully saturated rings. The van der Waals surface area contributed by atoms with Gasteiger partial charge in [-0.15, -0.1) is 0 Å². The second-order valence-electron chi connectivity index (χ2n) is 5.76. The van der Waals surface area contributed by atoms with E-state index in [2.05, 4.69) is 5.32 Å². The molecule has 1 aromatic carbocycles. The Morgan fingerprint density at radius 3 is 2.45 bits per heavy atom. The van der Waals surface area contributed by atoms with Crippen LogP contribution in [0, 0.1) is 5.92 Å². The Labute approximate surface area is 132 Å². The van der Waals surface area contributed by atoms with Gasteiger partial charge in [0.25, 0.3) is 0 Å². The minimum atomic E-state index is -1.12. The normalized spacial score (nSPS) is 22.5. The molecule has 1 aromatic rings. The summed E-state index contributed by atoms with van der Waals surface area (Å²) in [5, 5.41) is 12.2. The Balaban J connectivity index is 1.68. The van der Waals surface area contributed by atoms with E-state index in [4.69, 9.17) is 16.7 Å². The molecule has 116 valence electrons. The minimum Gasteiger partial charge on any atom is -0.480 e. The number of amides is 2. The zero-order chi connectivity index (χ0) is 15.9. The Morgan fingerprint density at radius 2 is 1.91 bits per heavy atom. The summed E-state index contributed by atoms with van der Waals surface area (Å²) in [7, 11) is 0. The van der Waals surface area contributed by atoms with E-state index in [0.717, 1.165) is 0 Å². The van der Waals surface area contributed by atoms with E-state index in [1.165, 1.54) is 4.90 Å². The van der Waals surface area contributed by atoms with Crippen molar-refractivity contribution in [2.75, 3.05) is 11.4 Å². The lowest BCUT2D eigenvalue weighted by molar-refractivity contribution is -0.143. The number of hydrogen-bond acceptors (Lipinski definition) is 3. The predicted octanol–water partition coefficient (Wildman–Crippen LogP) is 1.43. The molecular formula is C15H15ClN2O4. The third-order valence-electron chi connectivity index (χ3n) is 4.16. The van der Waals surface area contributed by atoms with Gasteiger partial charge < -0.3 is 15.3 Å². The van der Waals surface area contributed by atoms with E-state index >= 15 is 0 Å². The van der Waals surface area contributed by atoms with Crippen LogP contribution >= 0.6 is 11.6 Å². The average Bonchev–Trinajstić information content (AvgIpc) is 3.15. The van der Waals surface area contributed by atoms with E-state index < -0.39 is 17.4 Å². The number of nitrogens with one attached hydrogen (secondary N) is 1. The van der Waals surface area contributed by atoms with Gasteiger partial charge in [-0.3, -0.25) is 9.59 Å². The number of carboxylic acids is 1. The molecule has 7 heteroatoms. The van der Waals surface area contributed by atoms with Crippen LogP contribution in [0.2, 0.25) is 5.02 Å². The van der Waals surface area contributed by atoms with Crippen LogP contribution in [-0.4, -0.2) is 35.0 Å². The summed E-state index contributed by atoms with van der Waals surface area (Å²) in [6.45, 7) is 0.252. The lowest BCUT2D eigenvalue weighted by Gasteiger charge is -2.18. The highest BCUT2D eigenvalue weighted by molar-refractivity contribution is 6.30. The maximum atomic E-state index is 12.2. The molecule has 1 saturated heterocycles. The van der Waals surface area contributed by atoms with Crippen molar-refractivity contribution in [2.24, 2.45) is 5.92 Å². The zero-order valence-corrected chi connectivity index (χ0v) is 12.5. The lowest BCUT2D eigenvalue weighted by atomic mass is 10.1. The topological polar surface area (TPSA) is 86.7 Å². The molecular weight excluding hydrogens is 308 g/mol. The summed E-state index contributed by atoms with van der Waals surface area (Å²) in [5.74, 6) is -2.06. The second-order valence-corrected chi connectivity index (χ2v) is 6.19. The van der Waals surface area contributed by atoms with Crippen molar-refractivity contribution in [1.82, 2.24) is 5.32 Å². The van der Waals surface area contributed by atoms with Crippen molar-refractivity contribution in [1.29, 1.82) is 0 Å². The Morgan fingerprint density at radius 1 is 1.27 bits per heavy atom. The number of carboxylic acid groups (broad SMARTS) is 1. The number of nitrogens with zero attached hydrogens (tertiary/aromatic N) is 1. The Kier molecular flexibility index (Phi) is 3.56. The maximum Gasteiger partial charge on any atom is 0.329 e. The highest BCUT2D eigenvalue weighted by Gasteiger charge is 2.52. The monoisotopic (exact) mass is 322 g/mol. The summed E-state index contributed by atoms with van der Waals surface area (Å²) in [4.78, 5) is 36.9. The number of rotatable bonds is 4. The molecule has 0 bridgehead atoms. The van der Waals surface area contributed by atoms with Crippen molar-refractivity contribution in [3.05, 3.63) is 29.3 Å². The quantitative estimate of drug-likeness (QED) is 0.878. The van der Waals surface area contributed by atoms with E-state index in [9.17, 15) is 14.4 Å². The zero-order valence-electron chi connectivity index (χ0n) is 11.7. The summed E-state index contributed by atoms with van der Waals surface area (Å²) >= 11 is 5.82. The third kappa shape index (κ3) is 2.66. The molecule has 0 aromatic heterocycles. The molecule has 2 N–H and O–H groups in total. The number of benzene rings is 1. The molecule has 3 rings (SSSR count). The first kappa shape index (κ1) is 14.8. The number of hydrogen-bond donors (Lipinski definition) is 2. The van der Waals surface area contributed by atoms with Crippen LogP contribution in [-0.2, 0) is 14.4 Å². The molecule has 1 aliphatic carbocycles. The summed E-state index contributed by atoms with van der Waals surface area (Å²) in [6, 6.07) is 6.81. The average molecular weight is 323 g/mol. The molecule has 0 spiro atoms. The molecule has 1 atom stereocenters. The molecule has 1 saturated carbocycles. The molecule has 2 amide bonds. The Hall–Kier alpha value is -2.08. The summed E-state index contributed by atoms with van der Waals surface area (Å²) in [6.07, 6.45) is 0.968. The smallest absolute Gasteiger partial charge is 0.329 e. The number of carbonyl (C=O) groups excluding carboxylic acids is 2. The first-order valence-electron chi connectivity index (χ1n) is 7.03. The van der Waals surface area contributed by atoms with Crippen molar-refractivity contribution >= 4 is 35.1 Å². The SMILES string of the molecule is O=C(NC1(C(=O)O)CC1)[C@H]1CC(=O)N(c2ccc(Cl)cc2)C1. The minimum absolute atomic E-state index is 0.0875. The summed E-state index contributed by atoms with van der Waals surface area (Å²) in [5.41, 5.74) is -0.433. The number of anilines is 1. The predicted molar refractivity (Wildman–Crippen MR) is 79.7 cm³/mol. The maximum absolute atomic E-state index is 12.2. The van der Waals surface area contributed by atoms with Gasteiger partial charge in [0.1, 0.15) is 5.54 Å². The lowest BCUT2D eigenvalue weighted by Crippen LogP contribution is -2.46. The van der Waals surface area contributed by atoms with Gasteiger partial charge in [-0.2, -0.15) is 0 Å². The molecule has 6 nitrogen and oxygen atoms in total. The van der Waals surface area contributed by atoms with Gasteiger partial charge >= 0.3 is 5.97 Å². The number of carbonyl (C=O) groups is 3. The fraction of sp³-hybridized carbons (Fsp3) is 0.400. The molecule has 1 heterocycles. The van der Waals surface area contributed by atoms with Crippen LogP contribution in [0.25, 0.3) is 0 Å². The van der Waals surface area contributed by atoms with E-state index in [1.54, 1.807) is 24.3 Å². The van der Waals surface area contributed by atoms with Crippen LogP contribution in [0.3, 0.4) is 0 Å². The van der Waals surface area contributed by atoms with Gasteiger partial charge in [0.05, 0.1) is 5.92 Å². The van der Waals surface area contributed by atoms with Gasteiger partial charge in [-0.05, 0) is 37.1 Å². The first-order chi connectivity index (χ1) is 10.4. The standard InChI is InChI=1S/C15H15ClN2O4/c16-10-1-3-11(4-2-10)18-8-9(7-12(18)19)13(20)17-15(5-6-15)14(21)22/h1-4,9H,5-8H2,(H,17,20)(H,21,22)/t9-/m0/s1. The molecule has 22 heavy (non-hydrogen) atoms. The van der Waals surface area contributed by atoms with E-state index in [1.807, 2.05) is 0 Å². The van der Waals surface area contributed by atoms with Crippen LogP contribution in [0.4, 0.5) is 5.69 Å². The van der Waals surface area contributed by atoms with Gasteiger partial charge in [-0.25, -0.2) is 4.79 Å². The van der Waals surface area contributed by atoms with E-state index in [0.29, 0.717) is 23.6 Å². The van der Waals surface area contributed by atoms with Crippen molar-refractivity contribution in [3.63, 3.8) is 0 Å². The van der Waals surface area contributed by atoms with Crippen molar-refractivity contribution < 1.29 is 19.5 Å². The Bertz CT molecular complexity index is 639. The number of halogens is 1. The van der Waals surface area contributed by atoms with Crippen molar-refractivity contribution in [3.8, 4) is 0 Å². The fourth-order valence-electron chi connectivity index (χ4n) is 2.61. The number of aliphatic carboxylic acids is 1. The third-order valence-corrected chi connectivity index (χ3v) is 4.41. The second kappa shape index (κ2) is 5.28. The molecule has 2 aliphatic rings. The molecule has 0 unspecified atom stereocenters. The largest absolute Gasteiger partial charge is 0.480 e. The van der Waals surface area contributed by atoms with Gasteiger partial charge in [0, 0.05) is 23.7 Å². The van der Waals surface area contributed by atoms with Crippen LogP contribution in [0.5, 0.6) is 0 Å². The molecule has 1 aliphatic heterocycles. The van der Waals surface area contributed by atoms with Crippen LogP contribution in [0.1, 0.15) is 19.3 Å². The highest BCUT2D eigenvalue weighted by atomic mass is 35.5. The van der Waals surface area contributed by atoms with Gasteiger partial charge in [0.15, 0.2) is 0 Å². The molecule has 0 radical (unpaired) electrons. The summed E-state index contributed by atoms with van der Waals surface area (Å²) < 4.78 is 0. The van der Waals surface area contributed by atoms with Gasteiger partial charge in [0.2, 0.25) is 11.8 Å². The van der Waals surface area contributed by atoms with Gasteiger partial charge in [-0.1, -0.05) is 11.6 Å². The van der Waals surface area contributed by atoms with Crippen LogP contribution in [0.15, 0.2) is 24.3 Å².